The van der Waals surface area contributed by atoms with E-state index in [2.05, 4.69) is 14.5 Å². The van der Waals surface area contributed by atoms with Crippen molar-refractivity contribution in [1.82, 2.24) is 19.4 Å². The van der Waals surface area contributed by atoms with Crippen LogP contribution in [0.15, 0.2) is 35.3 Å². The van der Waals surface area contributed by atoms with E-state index in [4.69, 9.17) is 0 Å². The Labute approximate surface area is 140 Å². The molecule has 6 nitrogen and oxygen atoms in total. The van der Waals surface area contributed by atoms with Gasteiger partial charge in [-0.25, -0.2) is 0 Å². The number of carbonyl (C=O) groups is 1. The summed E-state index contributed by atoms with van der Waals surface area (Å²) in [5, 5.41) is 0. The Bertz CT molecular complexity index is 816. The molecule has 1 saturated heterocycles. The van der Waals surface area contributed by atoms with Crippen molar-refractivity contribution in [2.75, 3.05) is 13.1 Å². The largest absolute Gasteiger partial charge is 0.337 e. The van der Waals surface area contributed by atoms with Crippen molar-refractivity contribution in [3.63, 3.8) is 0 Å². The van der Waals surface area contributed by atoms with Gasteiger partial charge >= 0.3 is 0 Å². The quantitative estimate of drug-likeness (QED) is 0.841. The Hall–Kier alpha value is -2.50. The molecule has 4 rings (SSSR count). The van der Waals surface area contributed by atoms with Crippen LogP contribution in [0.1, 0.15) is 47.2 Å². The summed E-state index contributed by atoms with van der Waals surface area (Å²) in [4.78, 5) is 34.7. The van der Waals surface area contributed by atoms with E-state index in [1.54, 1.807) is 18.3 Å². The molecule has 2 aliphatic rings. The predicted octanol–water partition coefficient (Wildman–Crippen LogP) is 1.60. The highest BCUT2D eigenvalue weighted by molar-refractivity contribution is 5.92. The minimum absolute atomic E-state index is 0.0293. The van der Waals surface area contributed by atoms with Crippen molar-refractivity contribution in [2.24, 2.45) is 0 Å². The Morgan fingerprint density at radius 3 is 2.96 bits per heavy atom. The Balaban J connectivity index is 1.60. The molecule has 0 aliphatic carbocycles. The first-order valence-corrected chi connectivity index (χ1v) is 8.53. The highest BCUT2D eigenvalue weighted by Crippen LogP contribution is 2.29. The fourth-order valence-electron chi connectivity index (χ4n) is 3.81. The molecule has 24 heavy (non-hydrogen) atoms. The van der Waals surface area contributed by atoms with Crippen LogP contribution in [0, 0.1) is 0 Å². The lowest BCUT2D eigenvalue weighted by Crippen LogP contribution is -2.40. The van der Waals surface area contributed by atoms with E-state index in [0.29, 0.717) is 12.2 Å². The number of hydrogen-bond donors (Lipinski definition) is 0. The highest BCUT2D eigenvalue weighted by Gasteiger charge is 2.29. The second-order valence-corrected chi connectivity index (χ2v) is 6.50. The topological polar surface area (TPSA) is 68.1 Å². The van der Waals surface area contributed by atoms with Gasteiger partial charge in [-0.3, -0.25) is 14.6 Å². The summed E-state index contributed by atoms with van der Waals surface area (Å²) in [5.41, 5.74) is 1.36. The van der Waals surface area contributed by atoms with Crippen molar-refractivity contribution in [2.45, 2.75) is 38.1 Å². The van der Waals surface area contributed by atoms with Crippen LogP contribution >= 0.6 is 0 Å². The zero-order chi connectivity index (χ0) is 16.5. The molecule has 2 aliphatic heterocycles. The minimum atomic E-state index is -0.161. The molecule has 0 N–H and O–H groups in total. The second kappa shape index (κ2) is 6.19. The standard InChI is InChI=1S/C18H20N4O2/c23-17-11-15(22-10-4-7-16(22)20-17)13-5-3-9-21(12-13)18(24)14-6-1-2-8-19-14/h1-2,6,8,11,13H,3-5,7,9-10,12H2/t13-/m0/s1. The normalized spacial score (nSPS) is 20.0. The fraction of sp³-hybridized carbons (Fsp3) is 0.444. The molecule has 0 bridgehead atoms. The van der Waals surface area contributed by atoms with Crippen LogP contribution in [-0.2, 0) is 13.0 Å². The average Bonchev–Trinajstić information content (AvgIpc) is 3.09. The summed E-state index contributed by atoms with van der Waals surface area (Å²) in [5.74, 6) is 1.06. The summed E-state index contributed by atoms with van der Waals surface area (Å²) in [6.07, 6.45) is 5.48. The van der Waals surface area contributed by atoms with Crippen molar-refractivity contribution < 1.29 is 4.79 Å². The maximum atomic E-state index is 12.7. The molecule has 2 aromatic heterocycles. The third-order valence-corrected chi connectivity index (χ3v) is 4.93. The summed E-state index contributed by atoms with van der Waals surface area (Å²) in [6, 6.07) is 7.05. The van der Waals surface area contributed by atoms with Crippen molar-refractivity contribution in [3.8, 4) is 0 Å². The number of hydrogen-bond acceptors (Lipinski definition) is 4. The maximum absolute atomic E-state index is 12.7. The van der Waals surface area contributed by atoms with Crippen molar-refractivity contribution >= 4 is 5.91 Å². The van der Waals surface area contributed by atoms with Gasteiger partial charge < -0.3 is 9.47 Å². The zero-order valence-corrected chi connectivity index (χ0v) is 13.5. The number of carbonyl (C=O) groups excluding carboxylic acids is 1. The molecule has 4 heterocycles. The average molecular weight is 324 g/mol. The van der Waals surface area contributed by atoms with Crippen LogP contribution in [0.3, 0.4) is 0 Å². The van der Waals surface area contributed by atoms with Crippen LogP contribution in [0.2, 0.25) is 0 Å². The Morgan fingerprint density at radius 2 is 2.12 bits per heavy atom. The number of fused-ring (bicyclic) bond motifs is 1. The molecule has 0 spiro atoms. The number of rotatable bonds is 2. The SMILES string of the molecule is O=C(c1ccccn1)N1CCC[C@H](c2cc(=O)nc3n2CCC3)C1. The lowest BCUT2D eigenvalue weighted by atomic mass is 9.94. The molecule has 0 radical (unpaired) electrons. The van der Waals surface area contributed by atoms with E-state index < -0.39 is 0 Å². The molecule has 6 heteroatoms. The molecule has 1 fully saturated rings. The monoisotopic (exact) mass is 324 g/mol. The van der Waals surface area contributed by atoms with Gasteiger partial charge in [0.1, 0.15) is 11.5 Å². The molecule has 1 amide bonds. The number of amides is 1. The lowest BCUT2D eigenvalue weighted by molar-refractivity contribution is 0.0698. The molecule has 0 aromatic carbocycles. The van der Waals surface area contributed by atoms with Gasteiger partial charge in [-0.05, 0) is 31.4 Å². The van der Waals surface area contributed by atoms with E-state index in [1.807, 2.05) is 17.0 Å². The summed E-state index contributed by atoms with van der Waals surface area (Å²) < 4.78 is 2.18. The summed E-state index contributed by atoms with van der Waals surface area (Å²) in [7, 11) is 0. The first-order valence-electron chi connectivity index (χ1n) is 8.53. The number of aromatic nitrogens is 3. The number of piperidine rings is 1. The zero-order valence-electron chi connectivity index (χ0n) is 13.5. The van der Waals surface area contributed by atoms with Gasteiger partial charge in [0, 0.05) is 49.9 Å². The van der Waals surface area contributed by atoms with Gasteiger partial charge in [0.25, 0.3) is 11.5 Å². The fourth-order valence-corrected chi connectivity index (χ4v) is 3.81. The first kappa shape index (κ1) is 15.1. The molecule has 2 aromatic rings. The van der Waals surface area contributed by atoms with E-state index in [1.165, 1.54) is 0 Å². The molecular formula is C18H20N4O2. The molecule has 0 saturated carbocycles. The predicted molar refractivity (Wildman–Crippen MR) is 88.9 cm³/mol. The number of nitrogens with zero attached hydrogens (tertiary/aromatic N) is 4. The summed E-state index contributed by atoms with van der Waals surface area (Å²) in [6.45, 7) is 2.30. The van der Waals surface area contributed by atoms with Gasteiger partial charge in [-0.15, -0.1) is 0 Å². The second-order valence-electron chi connectivity index (χ2n) is 6.50. The van der Waals surface area contributed by atoms with Crippen LogP contribution in [0.25, 0.3) is 0 Å². The third kappa shape index (κ3) is 2.72. The van der Waals surface area contributed by atoms with E-state index in [0.717, 1.165) is 50.3 Å². The summed E-state index contributed by atoms with van der Waals surface area (Å²) >= 11 is 0. The maximum Gasteiger partial charge on any atom is 0.273 e. The Kier molecular flexibility index (Phi) is 3.88. The lowest BCUT2D eigenvalue weighted by Gasteiger charge is -2.33. The molecule has 0 unspecified atom stereocenters. The number of aryl methyl sites for hydroxylation is 1. The van der Waals surface area contributed by atoms with Gasteiger partial charge in [0.05, 0.1) is 0 Å². The van der Waals surface area contributed by atoms with E-state index in [-0.39, 0.29) is 17.4 Å². The molecular weight excluding hydrogens is 304 g/mol. The molecule has 1 atom stereocenters. The van der Waals surface area contributed by atoms with Crippen LogP contribution in [0.4, 0.5) is 0 Å². The highest BCUT2D eigenvalue weighted by atomic mass is 16.2. The molecule has 124 valence electrons. The van der Waals surface area contributed by atoms with Gasteiger partial charge in [0.15, 0.2) is 0 Å². The van der Waals surface area contributed by atoms with E-state index in [9.17, 15) is 9.59 Å². The Morgan fingerprint density at radius 1 is 1.21 bits per heavy atom. The van der Waals surface area contributed by atoms with Crippen LogP contribution in [-0.4, -0.2) is 38.4 Å². The van der Waals surface area contributed by atoms with Gasteiger partial charge in [0.2, 0.25) is 0 Å². The van der Waals surface area contributed by atoms with Gasteiger partial charge in [-0.1, -0.05) is 6.07 Å². The van der Waals surface area contributed by atoms with Crippen molar-refractivity contribution in [1.29, 1.82) is 0 Å². The minimum Gasteiger partial charge on any atom is -0.337 e. The van der Waals surface area contributed by atoms with Gasteiger partial charge in [-0.2, -0.15) is 4.98 Å². The van der Waals surface area contributed by atoms with Crippen LogP contribution in [0.5, 0.6) is 0 Å². The van der Waals surface area contributed by atoms with Crippen LogP contribution < -0.4 is 5.56 Å². The third-order valence-electron chi connectivity index (χ3n) is 4.93. The van der Waals surface area contributed by atoms with E-state index >= 15 is 0 Å². The van der Waals surface area contributed by atoms with Crippen molar-refractivity contribution in [3.05, 3.63) is 58.0 Å². The smallest absolute Gasteiger partial charge is 0.273 e. The first-order chi connectivity index (χ1) is 11.7. The number of likely N-dealkylation sites (tertiary alicyclic amines) is 1. The number of pyridine rings is 1.